The highest BCUT2D eigenvalue weighted by atomic mass is 16.5. The van der Waals surface area contributed by atoms with Gasteiger partial charge in [-0.1, -0.05) is 23.3 Å². The van der Waals surface area contributed by atoms with Crippen LogP contribution < -0.4 is 0 Å². The van der Waals surface area contributed by atoms with Gasteiger partial charge in [-0.25, -0.2) is 0 Å². The summed E-state index contributed by atoms with van der Waals surface area (Å²) in [6.07, 6.45) is 8.23. The van der Waals surface area contributed by atoms with Crippen LogP contribution in [0.3, 0.4) is 0 Å². The van der Waals surface area contributed by atoms with Gasteiger partial charge in [0.1, 0.15) is 0 Å². The predicted octanol–water partition coefficient (Wildman–Crippen LogP) is 3.18. The first kappa shape index (κ1) is 15.8. The third kappa shape index (κ3) is 3.74. The molecular formula is C17H24O4. The van der Waals surface area contributed by atoms with E-state index in [0.29, 0.717) is 19.6 Å². The Hall–Kier alpha value is -1.58. The van der Waals surface area contributed by atoms with Crippen LogP contribution in [0, 0.1) is 11.8 Å². The summed E-state index contributed by atoms with van der Waals surface area (Å²) in [6, 6.07) is 0. The van der Waals surface area contributed by atoms with Crippen molar-refractivity contribution in [1.82, 2.24) is 0 Å². The van der Waals surface area contributed by atoms with Gasteiger partial charge in [0.25, 0.3) is 0 Å². The van der Waals surface area contributed by atoms with Gasteiger partial charge in [-0.05, 0) is 39.5 Å². The van der Waals surface area contributed by atoms with Crippen LogP contribution in [0.1, 0.15) is 46.0 Å². The third-order valence-corrected chi connectivity index (χ3v) is 4.20. The summed E-state index contributed by atoms with van der Waals surface area (Å²) in [7, 11) is 0. The van der Waals surface area contributed by atoms with Crippen LogP contribution in [-0.2, 0) is 19.1 Å². The number of ether oxygens (including phenoxy) is 2. The molecule has 0 spiro atoms. The number of hydrogen-bond acceptors (Lipinski definition) is 4. The van der Waals surface area contributed by atoms with Crippen LogP contribution >= 0.6 is 0 Å². The Morgan fingerprint density at radius 2 is 1.95 bits per heavy atom. The molecule has 2 atom stereocenters. The van der Waals surface area contributed by atoms with Gasteiger partial charge in [-0.15, -0.1) is 0 Å². The van der Waals surface area contributed by atoms with E-state index in [1.807, 2.05) is 13.8 Å². The van der Waals surface area contributed by atoms with Crippen molar-refractivity contribution >= 4 is 11.9 Å². The average molecular weight is 292 g/mol. The third-order valence-electron chi connectivity index (χ3n) is 4.20. The monoisotopic (exact) mass is 292 g/mol. The van der Waals surface area contributed by atoms with Gasteiger partial charge in [0, 0.05) is 5.92 Å². The first-order chi connectivity index (χ1) is 10.2. The van der Waals surface area contributed by atoms with Crippen molar-refractivity contribution in [3.63, 3.8) is 0 Å². The number of carbonyl (C=O) groups is 2. The van der Waals surface area contributed by atoms with Gasteiger partial charge in [-0.3, -0.25) is 9.59 Å². The molecule has 0 bridgehead atoms. The predicted molar refractivity (Wildman–Crippen MR) is 79.5 cm³/mol. The van der Waals surface area contributed by atoms with Crippen LogP contribution in [0.4, 0.5) is 0 Å². The van der Waals surface area contributed by atoms with Crippen molar-refractivity contribution in [3.8, 4) is 0 Å². The Morgan fingerprint density at radius 1 is 1.19 bits per heavy atom. The molecule has 2 aliphatic carbocycles. The summed E-state index contributed by atoms with van der Waals surface area (Å²) in [5, 5.41) is 0. The molecule has 0 saturated heterocycles. The molecule has 0 saturated carbocycles. The second-order valence-electron chi connectivity index (χ2n) is 5.51. The minimum atomic E-state index is -0.165. The maximum atomic E-state index is 12.1. The van der Waals surface area contributed by atoms with E-state index < -0.39 is 0 Å². The summed E-state index contributed by atoms with van der Waals surface area (Å²) in [5.41, 5.74) is 2.43. The Bertz CT molecular complexity index is 461. The fraction of sp³-hybridized carbons (Fsp3) is 0.647. The quantitative estimate of drug-likeness (QED) is 0.557. The van der Waals surface area contributed by atoms with Crippen molar-refractivity contribution in [2.75, 3.05) is 13.2 Å². The molecule has 0 fully saturated rings. The van der Waals surface area contributed by atoms with Gasteiger partial charge in [0.15, 0.2) is 0 Å². The van der Waals surface area contributed by atoms with Crippen molar-refractivity contribution in [2.24, 2.45) is 11.8 Å². The molecular weight excluding hydrogens is 268 g/mol. The first-order valence-corrected chi connectivity index (χ1v) is 7.87. The van der Waals surface area contributed by atoms with Crippen molar-refractivity contribution in [1.29, 1.82) is 0 Å². The van der Waals surface area contributed by atoms with Crippen LogP contribution in [0.2, 0.25) is 0 Å². The minimum Gasteiger partial charge on any atom is -0.466 e. The number of allylic oxidation sites excluding steroid dienone is 3. The highest BCUT2D eigenvalue weighted by Gasteiger charge is 2.35. The lowest BCUT2D eigenvalue weighted by Gasteiger charge is -2.20. The second-order valence-corrected chi connectivity index (χ2v) is 5.51. The molecule has 2 rings (SSSR count). The minimum absolute atomic E-state index is 0.107. The van der Waals surface area contributed by atoms with Gasteiger partial charge in [0.05, 0.1) is 25.6 Å². The van der Waals surface area contributed by atoms with E-state index in [4.69, 9.17) is 9.47 Å². The molecule has 0 aliphatic heterocycles. The molecule has 2 aliphatic rings. The van der Waals surface area contributed by atoms with Crippen LogP contribution in [0.15, 0.2) is 23.3 Å². The molecule has 0 N–H and O–H groups in total. The lowest BCUT2D eigenvalue weighted by molar-refractivity contribution is -0.148. The molecule has 0 aromatic heterocycles. The fourth-order valence-electron chi connectivity index (χ4n) is 3.32. The topological polar surface area (TPSA) is 52.6 Å². The molecule has 4 heteroatoms. The van der Waals surface area contributed by atoms with E-state index >= 15 is 0 Å². The number of hydrogen-bond donors (Lipinski definition) is 0. The van der Waals surface area contributed by atoms with E-state index in [1.54, 1.807) is 0 Å². The van der Waals surface area contributed by atoms with Crippen LogP contribution in [0.5, 0.6) is 0 Å². The summed E-state index contributed by atoms with van der Waals surface area (Å²) in [5.74, 6) is -0.296. The Labute approximate surface area is 126 Å². The van der Waals surface area contributed by atoms with Crippen molar-refractivity contribution < 1.29 is 19.1 Å². The maximum absolute atomic E-state index is 12.1. The highest BCUT2D eigenvalue weighted by molar-refractivity contribution is 5.76. The first-order valence-electron chi connectivity index (χ1n) is 7.87. The molecule has 0 heterocycles. The molecule has 0 amide bonds. The lowest BCUT2D eigenvalue weighted by Crippen LogP contribution is -2.23. The van der Waals surface area contributed by atoms with E-state index in [-0.39, 0.29) is 23.8 Å². The lowest BCUT2D eigenvalue weighted by atomic mass is 9.86. The summed E-state index contributed by atoms with van der Waals surface area (Å²) in [6.45, 7) is 4.47. The summed E-state index contributed by atoms with van der Waals surface area (Å²) >= 11 is 0. The SMILES string of the molecule is CCOC(=O)CC1=C([C@@H]2C=CC[C@@H]2C(=O)OCC)CCC1. The van der Waals surface area contributed by atoms with E-state index in [2.05, 4.69) is 12.2 Å². The standard InChI is InChI=1S/C17H24O4/c1-3-20-16(18)11-12-7-5-8-13(12)14-9-6-10-15(14)17(19)21-4-2/h6,9,14-15H,3-5,7-8,10-11H2,1-2H3/t14-,15-/m0/s1. The largest absolute Gasteiger partial charge is 0.466 e. The molecule has 0 radical (unpaired) electrons. The molecule has 0 aromatic carbocycles. The van der Waals surface area contributed by atoms with E-state index in [1.165, 1.54) is 11.1 Å². The van der Waals surface area contributed by atoms with Crippen LogP contribution in [-0.4, -0.2) is 25.2 Å². The normalized spacial score (nSPS) is 24.5. The molecule has 0 aromatic rings. The van der Waals surface area contributed by atoms with Crippen LogP contribution in [0.25, 0.3) is 0 Å². The number of rotatable bonds is 6. The second kappa shape index (κ2) is 7.43. The molecule has 21 heavy (non-hydrogen) atoms. The zero-order valence-corrected chi connectivity index (χ0v) is 12.9. The Morgan fingerprint density at radius 3 is 2.67 bits per heavy atom. The van der Waals surface area contributed by atoms with Gasteiger partial charge < -0.3 is 9.47 Å². The summed E-state index contributed by atoms with van der Waals surface area (Å²) in [4.78, 5) is 23.8. The number of carbonyl (C=O) groups excluding carboxylic acids is 2. The van der Waals surface area contributed by atoms with Gasteiger partial charge in [0.2, 0.25) is 0 Å². The van der Waals surface area contributed by atoms with E-state index in [0.717, 1.165) is 25.7 Å². The zero-order valence-electron chi connectivity index (χ0n) is 12.9. The molecule has 0 unspecified atom stereocenters. The summed E-state index contributed by atoms with van der Waals surface area (Å²) < 4.78 is 10.2. The van der Waals surface area contributed by atoms with Gasteiger partial charge in [-0.2, -0.15) is 0 Å². The van der Waals surface area contributed by atoms with Crippen molar-refractivity contribution in [2.45, 2.75) is 46.0 Å². The molecule has 116 valence electrons. The fourth-order valence-corrected chi connectivity index (χ4v) is 3.32. The smallest absolute Gasteiger partial charge is 0.310 e. The van der Waals surface area contributed by atoms with E-state index in [9.17, 15) is 9.59 Å². The zero-order chi connectivity index (χ0) is 15.2. The van der Waals surface area contributed by atoms with Crippen molar-refractivity contribution in [3.05, 3.63) is 23.3 Å². The van der Waals surface area contributed by atoms with Gasteiger partial charge >= 0.3 is 11.9 Å². The Kier molecular flexibility index (Phi) is 5.59. The number of esters is 2. The molecule has 4 nitrogen and oxygen atoms in total. The average Bonchev–Trinajstić information content (AvgIpc) is 3.07. The maximum Gasteiger partial charge on any atom is 0.310 e. The highest BCUT2D eigenvalue weighted by Crippen LogP contribution is 2.41. The Balaban J connectivity index is 2.11.